The fourth-order valence-corrected chi connectivity index (χ4v) is 4.16. The molecular formula is C23H16BrN3O2. The highest BCUT2D eigenvalue weighted by Gasteiger charge is 2.57. The smallest absolute Gasteiger partial charge is 0.259 e. The first kappa shape index (κ1) is 17.8. The molecule has 2 aliphatic rings. The summed E-state index contributed by atoms with van der Waals surface area (Å²) in [7, 11) is 0. The fourth-order valence-electron chi connectivity index (χ4n) is 3.90. The molecule has 5 nitrogen and oxygen atoms in total. The van der Waals surface area contributed by atoms with Crippen molar-refractivity contribution >= 4 is 44.8 Å². The van der Waals surface area contributed by atoms with Gasteiger partial charge in [0.15, 0.2) is 0 Å². The predicted octanol–water partition coefficient (Wildman–Crippen LogP) is 4.23. The van der Waals surface area contributed by atoms with E-state index in [4.69, 9.17) is 5.10 Å². The van der Waals surface area contributed by atoms with E-state index in [9.17, 15) is 9.59 Å². The van der Waals surface area contributed by atoms with Crippen LogP contribution in [0.1, 0.15) is 5.56 Å². The van der Waals surface area contributed by atoms with Crippen LogP contribution in [-0.4, -0.2) is 23.6 Å². The Hall–Kier alpha value is -3.25. The Balaban J connectivity index is 1.63. The fraction of sp³-hybridized carbons (Fsp3) is 0.0870. The number of anilines is 2. The number of hydrogen-bond acceptors (Lipinski definition) is 4. The van der Waals surface area contributed by atoms with Gasteiger partial charge in [-0.15, -0.1) is 0 Å². The molecule has 5 rings (SSSR count). The maximum atomic E-state index is 13.4. The largest absolute Gasteiger partial charge is 0.273 e. The zero-order valence-electron chi connectivity index (χ0n) is 15.3. The third-order valence-electron chi connectivity index (χ3n) is 5.22. The van der Waals surface area contributed by atoms with Crippen LogP contribution in [0, 0.1) is 5.92 Å². The molecule has 29 heavy (non-hydrogen) atoms. The van der Waals surface area contributed by atoms with E-state index in [0.29, 0.717) is 11.4 Å². The van der Waals surface area contributed by atoms with E-state index in [1.165, 1.54) is 4.90 Å². The summed E-state index contributed by atoms with van der Waals surface area (Å²) in [5, 5.41) is 6.42. The summed E-state index contributed by atoms with van der Waals surface area (Å²) in [6.45, 7) is 0. The number of rotatable bonds is 3. The van der Waals surface area contributed by atoms with Gasteiger partial charge in [0.1, 0.15) is 12.0 Å². The van der Waals surface area contributed by atoms with E-state index in [1.54, 1.807) is 17.1 Å². The number of para-hydroxylation sites is 1. The third kappa shape index (κ3) is 2.87. The van der Waals surface area contributed by atoms with E-state index in [2.05, 4.69) is 15.9 Å². The van der Waals surface area contributed by atoms with Crippen LogP contribution >= 0.6 is 15.9 Å². The summed E-state index contributed by atoms with van der Waals surface area (Å²) in [5.41, 5.74) is 2.82. The van der Waals surface area contributed by atoms with Crippen LogP contribution < -0.4 is 9.91 Å². The van der Waals surface area contributed by atoms with E-state index >= 15 is 0 Å². The molecule has 3 aromatic carbocycles. The Kier molecular flexibility index (Phi) is 4.28. The first-order valence-corrected chi connectivity index (χ1v) is 10.1. The Morgan fingerprint density at radius 2 is 1.34 bits per heavy atom. The summed E-state index contributed by atoms with van der Waals surface area (Å²) in [6.07, 6.45) is 0. The molecule has 0 N–H and O–H groups in total. The second kappa shape index (κ2) is 6.97. The Labute approximate surface area is 176 Å². The molecule has 0 radical (unpaired) electrons. The van der Waals surface area contributed by atoms with Crippen molar-refractivity contribution in [1.82, 2.24) is 0 Å². The quantitative estimate of drug-likeness (QED) is 0.566. The van der Waals surface area contributed by atoms with Crippen molar-refractivity contribution in [3.05, 3.63) is 95.0 Å². The molecule has 0 unspecified atom stereocenters. The van der Waals surface area contributed by atoms with Crippen LogP contribution in [0.2, 0.25) is 0 Å². The normalized spacial score (nSPS) is 20.8. The highest BCUT2D eigenvalue weighted by Crippen LogP contribution is 2.39. The number of benzene rings is 3. The monoisotopic (exact) mass is 445 g/mol. The van der Waals surface area contributed by atoms with Crippen molar-refractivity contribution in [3.63, 3.8) is 0 Å². The van der Waals surface area contributed by atoms with Gasteiger partial charge in [-0.25, -0.2) is 4.90 Å². The molecule has 0 bridgehead atoms. The van der Waals surface area contributed by atoms with Gasteiger partial charge >= 0.3 is 0 Å². The van der Waals surface area contributed by atoms with Gasteiger partial charge in [-0.1, -0.05) is 64.5 Å². The molecule has 142 valence electrons. The zero-order valence-corrected chi connectivity index (χ0v) is 16.9. The highest BCUT2D eigenvalue weighted by atomic mass is 79.9. The standard InChI is InChI=1S/C23H16BrN3O2/c24-16-11-13-17(14-12-16)26-22(28)19-20(15-7-3-1-4-8-15)25-27(21(19)23(26)29)18-9-5-2-6-10-18/h1-14,19,21H/t19-,21+/m1/s1. The van der Waals surface area contributed by atoms with Gasteiger partial charge in [0.25, 0.3) is 5.91 Å². The summed E-state index contributed by atoms with van der Waals surface area (Å²) in [6, 6.07) is 25.6. The van der Waals surface area contributed by atoms with Crippen molar-refractivity contribution < 1.29 is 9.59 Å². The van der Waals surface area contributed by atoms with Crippen LogP contribution in [0.5, 0.6) is 0 Å². The maximum Gasteiger partial charge on any atom is 0.259 e. The minimum Gasteiger partial charge on any atom is -0.273 e. The number of nitrogens with zero attached hydrogens (tertiary/aromatic N) is 3. The molecular weight excluding hydrogens is 430 g/mol. The number of fused-ring (bicyclic) bond motifs is 1. The van der Waals surface area contributed by atoms with Gasteiger partial charge in [0.05, 0.1) is 17.1 Å². The number of imide groups is 1. The number of hydrazone groups is 1. The number of amides is 2. The molecule has 0 aliphatic carbocycles. The average Bonchev–Trinajstić information content (AvgIpc) is 3.27. The molecule has 0 aromatic heterocycles. The highest BCUT2D eigenvalue weighted by molar-refractivity contribution is 9.10. The number of carbonyl (C=O) groups excluding carboxylic acids is 2. The number of halogens is 1. The Morgan fingerprint density at radius 3 is 2.00 bits per heavy atom. The molecule has 6 heteroatoms. The van der Waals surface area contributed by atoms with E-state index < -0.39 is 12.0 Å². The first-order chi connectivity index (χ1) is 14.1. The van der Waals surface area contributed by atoms with Gasteiger partial charge < -0.3 is 0 Å². The van der Waals surface area contributed by atoms with Crippen molar-refractivity contribution in [1.29, 1.82) is 0 Å². The summed E-state index contributed by atoms with van der Waals surface area (Å²) in [4.78, 5) is 28.1. The predicted molar refractivity (Wildman–Crippen MR) is 116 cm³/mol. The van der Waals surface area contributed by atoms with Gasteiger partial charge in [-0.3, -0.25) is 14.6 Å². The van der Waals surface area contributed by atoms with Gasteiger partial charge in [-0.05, 0) is 42.0 Å². The molecule has 3 aromatic rings. The average molecular weight is 446 g/mol. The van der Waals surface area contributed by atoms with Crippen molar-refractivity contribution in [2.45, 2.75) is 6.04 Å². The molecule has 1 saturated heterocycles. The van der Waals surface area contributed by atoms with Crippen molar-refractivity contribution in [3.8, 4) is 0 Å². The summed E-state index contributed by atoms with van der Waals surface area (Å²) in [5.74, 6) is -1.15. The van der Waals surface area contributed by atoms with E-state index in [1.807, 2.05) is 72.8 Å². The SMILES string of the molecule is O=C1[C@@H]2C(c3ccccc3)=NN(c3ccccc3)[C@@H]2C(=O)N1c1ccc(Br)cc1. The molecule has 2 atom stereocenters. The molecule has 0 spiro atoms. The molecule has 1 fully saturated rings. The van der Waals surface area contributed by atoms with Gasteiger partial charge in [0, 0.05) is 4.47 Å². The van der Waals surface area contributed by atoms with Crippen LogP contribution in [0.4, 0.5) is 11.4 Å². The Morgan fingerprint density at radius 1 is 0.724 bits per heavy atom. The number of hydrogen-bond donors (Lipinski definition) is 0. The molecule has 0 saturated carbocycles. The van der Waals surface area contributed by atoms with E-state index in [0.717, 1.165) is 15.7 Å². The lowest BCUT2D eigenvalue weighted by Gasteiger charge is -2.22. The van der Waals surface area contributed by atoms with Crippen LogP contribution in [-0.2, 0) is 9.59 Å². The molecule has 2 amide bonds. The summed E-state index contributed by atoms with van der Waals surface area (Å²) < 4.78 is 0.887. The second-order valence-corrected chi connectivity index (χ2v) is 7.86. The maximum absolute atomic E-state index is 13.4. The topological polar surface area (TPSA) is 53.0 Å². The van der Waals surface area contributed by atoms with Crippen LogP contribution in [0.15, 0.2) is 94.5 Å². The van der Waals surface area contributed by atoms with Crippen LogP contribution in [0.25, 0.3) is 0 Å². The Bertz CT molecular complexity index is 1110. The van der Waals surface area contributed by atoms with E-state index in [-0.39, 0.29) is 11.8 Å². The molecule has 2 aliphatic heterocycles. The zero-order chi connectivity index (χ0) is 20.0. The van der Waals surface area contributed by atoms with Gasteiger partial charge in [0.2, 0.25) is 5.91 Å². The lowest BCUT2D eigenvalue weighted by molar-refractivity contribution is -0.121. The van der Waals surface area contributed by atoms with Crippen molar-refractivity contribution in [2.75, 3.05) is 9.91 Å². The lowest BCUT2D eigenvalue weighted by atomic mass is 9.93. The first-order valence-electron chi connectivity index (χ1n) is 9.27. The minimum absolute atomic E-state index is 0.247. The van der Waals surface area contributed by atoms with Crippen LogP contribution in [0.3, 0.4) is 0 Å². The second-order valence-electron chi connectivity index (χ2n) is 6.94. The number of carbonyl (C=O) groups is 2. The summed E-state index contributed by atoms with van der Waals surface area (Å²) >= 11 is 3.40. The third-order valence-corrected chi connectivity index (χ3v) is 5.75. The van der Waals surface area contributed by atoms with Gasteiger partial charge in [-0.2, -0.15) is 5.10 Å². The lowest BCUT2D eigenvalue weighted by Crippen LogP contribution is -2.39. The van der Waals surface area contributed by atoms with Crippen molar-refractivity contribution in [2.24, 2.45) is 11.0 Å². The minimum atomic E-state index is -0.691. The molecule has 2 heterocycles.